The molecule has 2 saturated heterocycles. The van der Waals surface area contributed by atoms with Gasteiger partial charge in [0, 0.05) is 25.7 Å². The lowest BCUT2D eigenvalue weighted by Gasteiger charge is -2.58. The van der Waals surface area contributed by atoms with Gasteiger partial charge in [-0.3, -0.25) is 14.4 Å². The number of carbonyl (C=O) groups is 3. The third kappa shape index (κ3) is 3.42. The largest absolute Gasteiger partial charge is 0.458 e. The summed E-state index contributed by atoms with van der Waals surface area (Å²) in [6.45, 7) is 10.2. The van der Waals surface area contributed by atoms with Crippen molar-refractivity contribution in [2.24, 2.45) is 16.7 Å². The smallest absolute Gasteiger partial charge is 0.306 e. The molecule has 2 aliphatic heterocycles. The molecule has 33 heavy (non-hydrogen) atoms. The molecule has 1 spiro atoms. The number of rotatable bonds is 6. The van der Waals surface area contributed by atoms with E-state index in [4.69, 9.17) is 23.7 Å². The summed E-state index contributed by atoms with van der Waals surface area (Å²) in [7, 11) is 0. The van der Waals surface area contributed by atoms with Crippen LogP contribution in [0, 0.1) is 16.7 Å². The molecule has 0 aromatic heterocycles. The second kappa shape index (κ2) is 8.06. The molecular weight excluding hydrogens is 432 g/mol. The van der Waals surface area contributed by atoms with Gasteiger partial charge < -0.3 is 28.8 Å². The minimum Gasteiger partial charge on any atom is -0.458 e. The predicted octanol–water partition coefficient (Wildman–Crippen LogP) is 1.69. The third-order valence-corrected chi connectivity index (χ3v) is 8.03. The van der Waals surface area contributed by atoms with Gasteiger partial charge in [0.1, 0.15) is 17.8 Å². The maximum atomic E-state index is 12.5. The fourth-order valence-corrected chi connectivity index (χ4v) is 6.34. The van der Waals surface area contributed by atoms with Crippen LogP contribution >= 0.6 is 0 Å². The Labute approximate surface area is 193 Å². The van der Waals surface area contributed by atoms with Gasteiger partial charge in [0.15, 0.2) is 12.2 Å². The van der Waals surface area contributed by atoms with Gasteiger partial charge in [-0.1, -0.05) is 26.8 Å². The topological polar surface area (TPSA) is 121 Å². The molecule has 0 aromatic rings. The van der Waals surface area contributed by atoms with Crippen LogP contribution in [0.3, 0.4) is 0 Å². The molecule has 9 nitrogen and oxygen atoms in total. The van der Waals surface area contributed by atoms with Crippen molar-refractivity contribution in [2.45, 2.75) is 90.5 Å². The second-order valence-electron chi connectivity index (χ2n) is 10.5. The van der Waals surface area contributed by atoms with E-state index < -0.39 is 58.9 Å². The molecule has 2 bridgehead atoms. The molecular formula is C24H34O9. The normalized spacial score (nSPS) is 43.0. The molecule has 1 N–H and O–H groups in total. The highest BCUT2D eigenvalue weighted by Crippen LogP contribution is 2.72. The monoisotopic (exact) mass is 466 g/mol. The molecule has 0 radical (unpaired) electrons. The van der Waals surface area contributed by atoms with E-state index in [1.165, 1.54) is 13.8 Å². The quantitative estimate of drug-likeness (QED) is 0.270. The van der Waals surface area contributed by atoms with Gasteiger partial charge >= 0.3 is 17.9 Å². The van der Waals surface area contributed by atoms with E-state index in [0.717, 1.165) is 5.57 Å². The van der Waals surface area contributed by atoms with Crippen LogP contribution in [0.4, 0.5) is 0 Å². The summed E-state index contributed by atoms with van der Waals surface area (Å²) < 4.78 is 29.7. The number of ether oxygens (including phenoxy) is 5. The van der Waals surface area contributed by atoms with E-state index in [9.17, 15) is 19.5 Å². The van der Waals surface area contributed by atoms with Crippen molar-refractivity contribution in [2.75, 3.05) is 13.2 Å². The molecule has 4 aliphatic rings. The van der Waals surface area contributed by atoms with Crippen molar-refractivity contribution >= 4 is 17.9 Å². The second-order valence-corrected chi connectivity index (χ2v) is 10.5. The van der Waals surface area contributed by atoms with Gasteiger partial charge in [-0.25, -0.2) is 0 Å². The van der Waals surface area contributed by atoms with Crippen molar-refractivity contribution in [1.29, 1.82) is 0 Å². The van der Waals surface area contributed by atoms with Crippen molar-refractivity contribution < 1.29 is 43.2 Å². The Morgan fingerprint density at radius 1 is 1.18 bits per heavy atom. The number of hydrogen-bond donors (Lipinski definition) is 1. The van der Waals surface area contributed by atoms with E-state index in [-0.39, 0.29) is 31.3 Å². The Morgan fingerprint density at radius 2 is 1.82 bits per heavy atom. The average Bonchev–Trinajstić information content (AvgIpc) is 3.48. The molecule has 9 heteroatoms. The number of esters is 3. The van der Waals surface area contributed by atoms with Crippen LogP contribution in [0.1, 0.15) is 54.4 Å². The molecule has 0 amide bonds. The van der Waals surface area contributed by atoms with E-state index in [0.29, 0.717) is 6.61 Å². The van der Waals surface area contributed by atoms with Gasteiger partial charge in [0.25, 0.3) is 0 Å². The lowest BCUT2D eigenvalue weighted by molar-refractivity contribution is -0.237. The van der Waals surface area contributed by atoms with Crippen molar-refractivity contribution in [3.8, 4) is 0 Å². The van der Waals surface area contributed by atoms with Gasteiger partial charge in [0.2, 0.25) is 0 Å². The van der Waals surface area contributed by atoms with Crippen LogP contribution in [-0.4, -0.2) is 72.3 Å². The first kappa shape index (κ1) is 24.2. The zero-order valence-electron chi connectivity index (χ0n) is 20.1. The molecule has 4 rings (SSSR count). The lowest BCUT2D eigenvalue weighted by atomic mass is 9.51. The van der Waals surface area contributed by atoms with E-state index in [1.807, 2.05) is 33.8 Å². The predicted molar refractivity (Wildman–Crippen MR) is 114 cm³/mol. The highest BCUT2D eigenvalue weighted by atomic mass is 16.7. The summed E-state index contributed by atoms with van der Waals surface area (Å²) in [6.07, 6.45) is -1.17. The minimum atomic E-state index is -1.00. The first-order chi connectivity index (χ1) is 15.4. The van der Waals surface area contributed by atoms with E-state index in [2.05, 4.69) is 0 Å². The highest BCUT2D eigenvalue weighted by molar-refractivity contribution is 5.70. The molecule has 184 valence electrons. The summed E-state index contributed by atoms with van der Waals surface area (Å²) in [5, 5.41) is 10.9. The molecule has 0 aromatic carbocycles. The number of hydrogen-bond acceptors (Lipinski definition) is 9. The van der Waals surface area contributed by atoms with Crippen LogP contribution in [0.5, 0.6) is 0 Å². The van der Waals surface area contributed by atoms with Gasteiger partial charge in [-0.2, -0.15) is 0 Å². The Morgan fingerprint density at radius 3 is 2.33 bits per heavy atom. The van der Waals surface area contributed by atoms with Gasteiger partial charge in [-0.15, -0.1) is 0 Å². The summed E-state index contributed by atoms with van der Waals surface area (Å²) in [4.78, 5) is 36.6. The SMILES string of the molecule is CC(=O)O[C@@H]1[C@@H](OC(C)=O)[C@]2(C)[C@@]3(CO)C[C@H](OC(=O)CC(C)C)C(C)=C[C@H]3O[C@H]1[C@@]21CO1. The van der Waals surface area contributed by atoms with Gasteiger partial charge in [-0.05, 0) is 24.8 Å². The molecule has 8 atom stereocenters. The number of carbonyl (C=O) groups excluding carboxylic acids is 3. The number of fused-ring (bicyclic) bond motifs is 2. The molecule has 0 unspecified atom stereocenters. The summed E-state index contributed by atoms with van der Waals surface area (Å²) in [5.41, 5.74) is -2.03. The van der Waals surface area contributed by atoms with Crippen molar-refractivity contribution in [3.63, 3.8) is 0 Å². The zero-order valence-corrected chi connectivity index (χ0v) is 20.1. The van der Waals surface area contributed by atoms with Gasteiger partial charge in [0.05, 0.1) is 24.7 Å². The van der Waals surface area contributed by atoms with E-state index >= 15 is 0 Å². The van der Waals surface area contributed by atoms with Crippen LogP contribution in [0.15, 0.2) is 11.6 Å². The van der Waals surface area contributed by atoms with Crippen LogP contribution in [0.2, 0.25) is 0 Å². The van der Waals surface area contributed by atoms with Crippen molar-refractivity contribution in [1.82, 2.24) is 0 Å². The summed E-state index contributed by atoms with van der Waals surface area (Å²) >= 11 is 0. The molecule has 2 aliphatic carbocycles. The van der Waals surface area contributed by atoms with E-state index in [1.54, 1.807) is 0 Å². The first-order valence-corrected chi connectivity index (χ1v) is 11.5. The minimum absolute atomic E-state index is 0.150. The third-order valence-electron chi connectivity index (χ3n) is 8.03. The maximum Gasteiger partial charge on any atom is 0.306 e. The summed E-state index contributed by atoms with van der Waals surface area (Å²) in [5.74, 6) is -1.22. The summed E-state index contributed by atoms with van der Waals surface area (Å²) in [6, 6.07) is 0. The van der Waals surface area contributed by atoms with Crippen LogP contribution < -0.4 is 0 Å². The number of epoxide rings is 1. The fraction of sp³-hybridized carbons (Fsp3) is 0.792. The standard InChI is InChI=1S/C24H34O9/c1-12(2)7-18(28)32-16-9-23(10-25)17(8-13(16)3)33-21-19(30-14(4)26)20(31-15(5)27)22(23,6)24(21)11-29-24/h8,12,16-17,19-21,25H,7,9-11H2,1-6H3/t16-,17+,19+,20+,21+,22+,23+,24-/m0/s1. The molecule has 1 saturated carbocycles. The molecule has 2 heterocycles. The number of aliphatic hydroxyl groups is 1. The Bertz CT molecular complexity index is 875. The fourth-order valence-electron chi connectivity index (χ4n) is 6.34. The van der Waals surface area contributed by atoms with Crippen LogP contribution in [0.25, 0.3) is 0 Å². The highest BCUT2D eigenvalue weighted by Gasteiger charge is 2.86. The Kier molecular flexibility index (Phi) is 5.90. The molecule has 3 fully saturated rings. The van der Waals surface area contributed by atoms with Crippen LogP contribution in [-0.2, 0) is 38.1 Å². The van der Waals surface area contributed by atoms with Crippen molar-refractivity contribution in [3.05, 3.63) is 11.6 Å². The Hall–Kier alpha value is -1.97. The maximum absolute atomic E-state index is 12.5. The zero-order chi connectivity index (χ0) is 24.3. The lowest BCUT2D eigenvalue weighted by Crippen LogP contribution is -2.67. The Balaban J connectivity index is 1.78. The number of aliphatic hydroxyl groups excluding tert-OH is 1. The first-order valence-electron chi connectivity index (χ1n) is 11.5. The average molecular weight is 467 g/mol.